The molecule has 1 aromatic rings. The summed E-state index contributed by atoms with van der Waals surface area (Å²) in [5.41, 5.74) is 0.310. The van der Waals surface area contributed by atoms with Gasteiger partial charge < -0.3 is 10.1 Å². The normalized spacial score (nSPS) is 24.7. The monoisotopic (exact) mass is 498 g/mol. The molecule has 0 bridgehead atoms. The number of ether oxygens (including phenoxy) is 1. The molecule has 1 amide bonds. The molecule has 168 valence electrons. The number of hydrogen-bond donors (Lipinski definition) is 1. The van der Waals surface area contributed by atoms with Gasteiger partial charge in [0, 0.05) is 44.3 Å². The Balaban J connectivity index is 1.54. The maximum atomic E-state index is 13.0. The average molecular weight is 500 g/mol. The van der Waals surface area contributed by atoms with Crippen LogP contribution in [-0.4, -0.2) is 85.9 Å². The van der Waals surface area contributed by atoms with E-state index in [4.69, 9.17) is 39.5 Å². The van der Waals surface area contributed by atoms with E-state index in [0.29, 0.717) is 50.0 Å². The highest BCUT2D eigenvalue weighted by molar-refractivity contribution is 7.86. The smallest absolute Gasteiger partial charge is 0.282 e. The van der Waals surface area contributed by atoms with Crippen LogP contribution in [0.4, 0.5) is 5.69 Å². The molecule has 3 rings (SSSR count). The van der Waals surface area contributed by atoms with E-state index in [1.807, 2.05) is 18.7 Å². The first kappa shape index (κ1) is 24.0. The van der Waals surface area contributed by atoms with E-state index < -0.39 is 10.2 Å². The predicted molar refractivity (Wildman–Crippen MR) is 119 cm³/mol. The third kappa shape index (κ3) is 5.77. The molecule has 0 spiro atoms. The molecule has 2 unspecified atom stereocenters. The van der Waals surface area contributed by atoms with Crippen LogP contribution in [0.1, 0.15) is 13.8 Å². The van der Waals surface area contributed by atoms with E-state index in [1.54, 1.807) is 0 Å². The zero-order chi connectivity index (χ0) is 22.1. The quantitative estimate of drug-likeness (QED) is 0.673. The van der Waals surface area contributed by atoms with Crippen LogP contribution in [0.2, 0.25) is 15.1 Å². The van der Waals surface area contributed by atoms with Crippen molar-refractivity contribution >= 4 is 56.6 Å². The van der Waals surface area contributed by atoms with Gasteiger partial charge in [-0.05, 0) is 26.0 Å². The Morgan fingerprint density at radius 3 is 2.10 bits per heavy atom. The third-order valence-electron chi connectivity index (χ3n) is 5.01. The van der Waals surface area contributed by atoms with Gasteiger partial charge in [-0.1, -0.05) is 34.8 Å². The first-order chi connectivity index (χ1) is 14.1. The number of anilines is 1. The number of carbonyl (C=O) groups excluding carboxylic acids is 1. The molecule has 8 nitrogen and oxygen atoms in total. The van der Waals surface area contributed by atoms with Gasteiger partial charge in [0.25, 0.3) is 10.2 Å². The van der Waals surface area contributed by atoms with Crippen LogP contribution < -0.4 is 5.32 Å². The molecule has 2 aliphatic rings. The molecule has 1 N–H and O–H groups in total. The lowest BCUT2D eigenvalue weighted by Gasteiger charge is -2.40. The number of benzene rings is 1. The second-order valence-electron chi connectivity index (χ2n) is 7.55. The summed E-state index contributed by atoms with van der Waals surface area (Å²) in [5, 5.41) is 3.59. The van der Waals surface area contributed by atoms with E-state index in [2.05, 4.69) is 5.32 Å². The SMILES string of the molecule is CC1CN(S(=O)(=O)N2CCN(CC(=O)Nc3c(Cl)cc(Cl)cc3Cl)CC2)CC(C)O1. The number of nitrogens with one attached hydrogen (secondary N) is 1. The highest BCUT2D eigenvalue weighted by Crippen LogP contribution is 2.33. The maximum Gasteiger partial charge on any atom is 0.282 e. The zero-order valence-electron chi connectivity index (χ0n) is 16.8. The van der Waals surface area contributed by atoms with Gasteiger partial charge in [-0.2, -0.15) is 17.0 Å². The number of halogens is 3. The third-order valence-corrected chi connectivity index (χ3v) is 7.79. The van der Waals surface area contributed by atoms with E-state index in [-0.39, 0.29) is 34.7 Å². The number of piperazine rings is 1. The molecule has 0 saturated carbocycles. The van der Waals surface area contributed by atoms with Gasteiger partial charge in [0.15, 0.2) is 0 Å². The Labute approximate surface area is 192 Å². The van der Waals surface area contributed by atoms with Crippen molar-refractivity contribution in [2.75, 3.05) is 51.1 Å². The van der Waals surface area contributed by atoms with Gasteiger partial charge in [0.2, 0.25) is 5.91 Å². The summed E-state index contributed by atoms with van der Waals surface area (Å²) >= 11 is 18.1. The van der Waals surface area contributed by atoms with E-state index in [0.717, 1.165) is 0 Å². The van der Waals surface area contributed by atoms with Crippen molar-refractivity contribution in [1.82, 2.24) is 13.5 Å². The van der Waals surface area contributed by atoms with Crippen LogP contribution in [0, 0.1) is 0 Å². The lowest BCUT2D eigenvalue weighted by Crippen LogP contribution is -2.57. The minimum atomic E-state index is -3.55. The molecule has 2 atom stereocenters. The average Bonchev–Trinajstić information content (AvgIpc) is 2.64. The molecular formula is C18H25Cl3N4O4S. The second-order valence-corrected chi connectivity index (χ2v) is 10.7. The van der Waals surface area contributed by atoms with Crippen molar-refractivity contribution in [2.45, 2.75) is 26.1 Å². The van der Waals surface area contributed by atoms with E-state index in [1.165, 1.54) is 20.7 Å². The molecule has 2 aliphatic heterocycles. The van der Waals surface area contributed by atoms with Gasteiger partial charge in [0.1, 0.15) is 0 Å². The van der Waals surface area contributed by atoms with E-state index in [9.17, 15) is 13.2 Å². The van der Waals surface area contributed by atoms with Crippen LogP contribution in [0.5, 0.6) is 0 Å². The minimum absolute atomic E-state index is 0.106. The summed E-state index contributed by atoms with van der Waals surface area (Å²) in [5.74, 6) is -0.284. The fourth-order valence-corrected chi connectivity index (χ4v) is 6.30. The van der Waals surface area contributed by atoms with Crippen molar-refractivity contribution < 1.29 is 17.9 Å². The Morgan fingerprint density at radius 2 is 1.57 bits per heavy atom. The summed E-state index contributed by atoms with van der Waals surface area (Å²) in [6, 6.07) is 3.00. The van der Waals surface area contributed by atoms with Gasteiger partial charge in [-0.3, -0.25) is 9.69 Å². The Bertz CT molecular complexity index is 860. The molecule has 30 heavy (non-hydrogen) atoms. The van der Waals surface area contributed by atoms with Crippen molar-refractivity contribution in [2.24, 2.45) is 0 Å². The van der Waals surface area contributed by atoms with Crippen LogP contribution >= 0.6 is 34.8 Å². The molecule has 2 fully saturated rings. The summed E-state index contributed by atoms with van der Waals surface area (Å²) in [7, 11) is -3.55. The summed E-state index contributed by atoms with van der Waals surface area (Å²) in [4.78, 5) is 14.3. The fraction of sp³-hybridized carbons (Fsp3) is 0.611. The summed E-state index contributed by atoms with van der Waals surface area (Å²) in [6.07, 6.45) is -0.278. The Hall–Kier alpha value is -0.650. The minimum Gasteiger partial charge on any atom is -0.373 e. The number of amides is 1. The Morgan fingerprint density at radius 1 is 1.03 bits per heavy atom. The molecule has 2 saturated heterocycles. The maximum absolute atomic E-state index is 13.0. The zero-order valence-corrected chi connectivity index (χ0v) is 19.9. The number of rotatable bonds is 5. The first-order valence-electron chi connectivity index (χ1n) is 9.63. The highest BCUT2D eigenvalue weighted by atomic mass is 35.5. The van der Waals surface area contributed by atoms with Crippen LogP contribution in [-0.2, 0) is 19.7 Å². The highest BCUT2D eigenvalue weighted by Gasteiger charge is 2.36. The molecule has 12 heteroatoms. The lowest BCUT2D eigenvalue weighted by molar-refractivity contribution is -0.117. The summed E-state index contributed by atoms with van der Waals surface area (Å²) < 4.78 is 34.5. The predicted octanol–water partition coefficient (Wildman–Crippen LogP) is 2.56. The number of carbonyl (C=O) groups is 1. The molecular weight excluding hydrogens is 475 g/mol. The molecule has 0 aromatic heterocycles. The van der Waals surface area contributed by atoms with Crippen molar-refractivity contribution in [3.63, 3.8) is 0 Å². The van der Waals surface area contributed by atoms with Crippen molar-refractivity contribution in [3.05, 3.63) is 27.2 Å². The van der Waals surface area contributed by atoms with Crippen molar-refractivity contribution in [1.29, 1.82) is 0 Å². The van der Waals surface area contributed by atoms with Gasteiger partial charge >= 0.3 is 0 Å². The first-order valence-corrected chi connectivity index (χ1v) is 12.2. The second kappa shape index (κ2) is 9.87. The van der Waals surface area contributed by atoms with Crippen molar-refractivity contribution in [3.8, 4) is 0 Å². The van der Waals surface area contributed by atoms with E-state index >= 15 is 0 Å². The van der Waals surface area contributed by atoms with Crippen LogP contribution in [0.3, 0.4) is 0 Å². The van der Waals surface area contributed by atoms with Gasteiger partial charge in [-0.25, -0.2) is 0 Å². The molecule has 0 radical (unpaired) electrons. The number of morpholine rings is 1. The van der Waals surface area contributed by atoms with Gasteiger partial charge in [-0.15, -0.1) is 0 Å². The molecule has 0 aliphatic carbocycles. The fourth-order valence-electron chi connectivity index (χ4n) is 3.64. The topological polar surface area (TPSA) is 82.2 Å². The summed E-state index contributed by atoms with van der Waals surface area (Å²) in [6.45, 7) is 6.07. The number of hydrogen-bond acceptors (Lipinski definition) is 5. The Kier molecular flexibility index (Phi) is 7.90. The van der Waals surface area contributed by atoms with Crippen LogP contribution in [0.25, 0.3) is 0 Å². The lowest BCUT2D eigenvalue weighted by atomic mass is 10.3. The molecule has 1 aromatic carbocycles. The van der Waals surface area contributed by atoms with Gasteiger partial charge in [0.05, 0.1) is 34.5 Å². The van der Waals surface area contributed by atoms with Crippen LogP contribution in [0.15, 0.2) is 12.1 Å². The molecule has 2 heterocycles. The standard InChI is InChI=1S/C18H25Cl3N4O4S/c1-12-9-25(10-13(2)29-12)30(27,28)24-5-3-23(4-6-24)11-17(26)22-18-15(20)7-14(19)8-16(18)21/h7-8,12-13H,3-6,9-11H2,1-2H3,(H,22,26). The largest absolute Gasteiger partial charge is 0.373 e. The number of nitrogens with zero attached hydrogens (tertiary/aromatic N) is 3.